The van der Waals surface area contributed by atoms with Crippen molar-refractivity contribution in [1.82, 2.24) is 5.32 Å². The molecule has 2 atom stereocenters. The highest BCUT2D eigenvalue weighted by molar-refractivity contribution is 6.32. The maximum atomic E-state index is 12.2. The summed E-state index contributed by atoms with van der Waals surface area (Å²) < 4.78 is 4.67. The molecule has 0 heterocycles. The Balaban J connectivity index is 3.02. The van der Waals surface area contributed by atoms with E-state index < -0.39 is 22.8 Å². The van der Waals surface area contributed by atoms with E-state index in [2.05, 4.69) is 10.1 Å². The van der Waals surface area contributed by atoms with E-state index >= 15 is 0 Å². The number of nitrogens with zero attached hydrogens (tertiary/aromatic N) is 1. The molecule has 0 spiro atoms. The molecule has 0 saturated heterocycles. The van der Waals surface area contributed by atoms with Crippen molar-refractivity contribution in [3.63, 3.8) is 0 Å². The fourth-order valence-corrected chi connectivity index (χ4v) is 2.00. The maximum Gasteiger partial charge on any atom is 0.328 e. The van der Waals surface area contributed by atoms with E-state index in [-0.39, 0.29) is 22.2 Å². The molecule has 0 unspecified atom stereocenters. The van der Waals surface area contributed by atoms with Crippen LogP contribution in [0.15, 0.2) is 18.2 Å². The third-order valence-corrected chi connectivity index (χ3v) is 3.68. The third kappa shape index (κ3) is 4.17. The van der Waals surface area contributed by atoms with Crippen molar-refractivity contribution < 1.29 is 19.2 Å². The molecule has 1 amide bonds. The van der Waals surface area contributed by atoms with Crippen LogP contribution in [-0.2, 0) is 9.53 Å². The molecular formula is C14H17ClN2O5. The van der Waals surface area contributed by atoms with Gasteiger partial charge in [-0.1, -0.05) is 31.9 Å². The Kier molecular flexibility index (Phi) is 6.30. The number of ether oxygens (including phenoxy) is 1. The van der Waals surface area contributed by atoms with E-state index in [1.165, 1.54) is 19.2 Å². The number of rotatable bonds is 6. The minimum absolute atomic E-state index is 0.0494. The molecular weight excluding hydrogens is 312 g/mol. The number of esters is 1. The largest absolute Gasteiger partial charge is 0.467 e. The van der Waals surface area contributed by atoms with E-state index in [1.807, 2.05) is 6.92 Å². The van der Waals surface area contributed by atoms with Crippen LogP contribution in [-0.4, -0.2) is 30.0 Å². The molecule has 7 nitrogen and oxygen atoms in total. The number of amides is 1. The minimum Gasteiger partial charge on any atom is -0.467 e. The van der Waals surface area contributed by atoms with Crippen molar-refractivity contribution in [1.29, 1.82) is 0 Å². The Morgan fingerprint density at radius 2 is 2.09 bits per heavy atom. The average Bonchev–Trinajstić information content (AvgIpc) is 2.50. The number of nitrogens with one attached hydrogen (secondary N) is 1. The monoisotopic (exact) mass is 328 g/mol. The zero-order chi connectivity index (χ0) is 16.9. The molecule has 8 heteroatoms. The third-order valence-electron chi connectivity index (χ3n) is 3.36. The zero-order valence-electron chi connectivity index (χ0n) is 12.5. The van der Waals surface area contributed by atoms with Crippen LogP contribution in [0.5, 0.6) is 0 Å². The topological polar surface area (TPSA) is 98.5 Å². The van der Waals surface area contributed by atoms with Crippen LogP contribution in [0, 0.1) is 16.0 Å². The van der Waals surface area contributed by atoms with Gasteiger partial charge >= 0.3 is 5.97 Å². The van der Waals surface area contributed by atoms with Gasteiger partial charge in [0.15, 0.2) is 0 Å². The van der Waals surface area contributed by atoms with Crippen LogP contribution >= 0.6 is 11.6 Å². The van der Waals surface area contributed by atoms with Gasteiger partial charge in [-0.05, 0) is 18.1 Å². The lowest BCUT2D eigenvalue weighted by Crippen LogP contribution is -2.45. The number of hydrogen-bond donors (Lipinski definition) is 1. The van der Waals surface area contributed by atoms with E-state index in [0.29, 0.717) is 6.42 Å². The number of carbonyl (C=O) groups excluding carboxylic acids is 2. The molecule has 1 rings (SSSR count). The fraction of sp³-hybridized carbons (Fsp3) is 0.429. The predicted molar refractivity (Wildman–Crippen MR) is 80.8 cm³/mol. The van der Waals surface area contributed by atoms with Crippen molar-refractivity contribution >= 4 is 29.2 Å². The highest BCUT2D eigenvalue weighted by atomic mass is 35.5. The highest BCUT2D eigenvalue weighted by Crippen LogP contribution is 2.25. The molecule has 0 fully saturated rings. The molecule has 0 bridgehead atoms. The summed E-state index contributed by atoms with van der Waals surface area (Å²) in [5, 5.41) is 13.3. The molecule has 22 heavy (non-hydrogen) atoms. The Labute approximate surface area is 132 Å². The number of hydrogen-bond acceptors (Lipinski definition) is 5. The molecule has 0 aliphatic carbocycles. The summed E-state index contributed by atoms with van der Waals surface area (Å²) in [4.78, 5) is 34.1. The molecule has 1 N–H and O–H groups in total. The summed E-state index contributed by atoms with van der Waals surface area (Å²) >= 11 is 5.70. The summed E-state index contributed by atoms with van der Waals surface area (Å²) in [6.07, 6.45) is 0.654. The normalized spacial score (nSPS) is 13.1. The van der Waals surface area contributed by atoms with Crippen molar-refractivity contribution in [2.45, 2.75) is 26.3 Å². The maximum absolute atomic E-state index is 12.2. The minimum atomic E-state index is -0.822. The molecule has 0 saturated carbocycles. The smallest absolute Gasteiger partial charge is 0.328 e. The van der Waals surface area contributed by atoms with Gasteiger partial charge in [0, 0.05) is 11.6 Å². The van der Waals surface area contributed by atoms with Gasteiger partial charge in [-0.3, -0.25) is 14.9 Å². The van der Waals surface area contributed by atoms with Gasteiger partial charge in [0.25, 0.3) is 11.6 Å². The Morgan fingerprint density at radius 1 is 1.45 bits per heavy atom. The van der Waals surface area contributed by atoms with Crippen molar-refractivity contribution in [2.75, 3.05) is 7.11 Å². The van der Waals surface area contributed by atoms with Gasteiger partial charge in [-0.25, -0.2) is 4.79 Å². The first-order valence-electron chi connectivity index (χ1n) is 6.64. The number of carbonyl (C=O) groups is 2. The SMILES string of the molecule is CC[C@H](C)[C@H](NC(=O)c1ccc(Cl)c([N+](=O)[O-])c1)C(=O)OC. The lowest BCUT2D eigenvalue weighted by molar-refractivity contribution is -0.384. The Morgan fingerprint density at radius 3 is 2.59 bits per heavy atom. The van der Waals surface area contributed by atoms with E-state index in [4.69, 9.17) is 11.6 Å². The average molecular weight is 329 g/mol. The number of nitro groups is 1. The second-order valence-corrected chi connectivity index (χ2v) is 5.19. The van der Waals surface area contributed by atoms with Crippen LogP contribution < -0.4 is 5.32 Å². The van der Waals surface area contributed by atoms with E-state index in [1.54, 1.807) is 6.92 Å². The Hall–Kier alpha value is -2.15. The van der Waals surface area contributed by atoms with Crippen LogP contribution in [0.1, 0.15) is 30.6 Å². The van der Waals surface area contributed by atoms with Crippen LogP contribution in [0.4, 0.5) is 5.69 Å². The number of halogens is 1. The second-order valence-electron chi connectivity index (χ2n) is 4.78. The molecule has 0 aliphatic rings. The van der Waals surface area contributed by atoms with E-state index in [9.17, 15) is 19.7 Å². The van der Waals surface area contributed by atoms with Crippen molar-refractivity contribution in [3.05, 3.63) is 38.9 Å². The second kappa shape index (κ2) is 7.74. The zero-order valence-corrected chi connectivity index (χ0v) is 13.2. The molecule has 120 valence electrons. The summed E-state index contributed by atoms with van der Waals surface area (Å²) in [7, 11) is 1.23. The number of methoxy groups -OCH3 is 1. The lowest BCUT2D eigenvalue weighted by Gasteiger charge is -2.21. The van der Waals surface area contributed by atoms with Gasteiger partial charge in [0.2, 0.25) is 0 Å². The van der Waals surface area contributed by atoms with Gasteiger partial charge in [0.05, 0.1) is 12.0 Å². The first-order chi connectivity index (χ1) is 10.3. The quantitative estimate of drug-likeness (QED) is 0.491. The summed E-state index contributed by atoms with van der Waals surface area (Å²) in [6.45, 7) is 3.67. The number of nitro benzene ring substituents is 1. The summed E-state index contributed by atoms with van der Waals surface area (Å²) in [5.41, 5.74) is -0.319. The fourth-order valence-electron chi connectivity index (χ4n) is 1.81. The molecule has 1 aromatic carbocycles. The Bertz CT molecular complexity index is 591. The first-order valence-corrected chi connectivity index (χ1v) is 7.02. The van der Waals surface area contributed by atoms with Gasteiger partial charge < -0.3 is 10.1 Å². The lowest BCUT2D eigenvalue weighted by atomic mass is 9.99. The van der Waals surface area contributed by atoms with Gasteiger partial charge in [0.1, 0.15) is 11.1 Å². The standard InChI is InChI=1S/C14H17ClN2O5/c1-4-8(2)12(14(19)22-3)16-13(18)9-5-6-10(15)11(7-9)17(20)21/h5-8,12H,4H2,1-3H3,(H,16,18)/t8-,12-/m0/s1. The summed E-state index contributed by atoms with van der Waals surface area (Å²) in [6, 6.07) is 2.88. The molecule has 0 radical (unpaired) electrons. The van der Waals surface area contributed by atoms with Crippen molar-refractivity contribution in [3.8, 4) is 0 Å². The number of benzene rings is 1. The van der Waals surface area contributed by atoms with Crippen LogP contribution in [0.2, 0.25) is 5.02 Å². The first kappa shape index (κ1) is 17.9. The van der Waals surface area contributed by atoms with Gasteiger partial charge in [-0.15, -0.1) is 0 Å². The van der Waals surface area contributed by atoms with Crippen molar-refractivity contribution in [2.24, 2.45) is 5.92 Å². The van der Waals surface area contributed by atoms with Crippen LogP contribution in [0.3, 0.4) is 0 Å². The van der Waals surface area contributed by atoms with E-state index in [0.717, 1.165) is 6.07 Å². The molecule has 0 aliphatic heterocycles. The van der Waals surface area contributed by atoms with Gasteiger partial charge in [-0.2, -0.15) is 0 Å². The summed E-state index contributed by atoms with van der Waals surface area (Å²) in [5.74, 6) is -1.31. The highest BCUT2D eigenvalue weighted by Gasteiger charge is 2.27. The molecule has 1 aromatic rings. The molecule has 0 aromatic heterocycles. The predicted octanol–water partition coefficient (Wildman–Crippen LogP) is 2.57. The van der Waals surface area contributed by atoms with Crippen LogP contribution in [0.25, 0.3) is 0 Å².